The normalized spacial score (nSPS) is 18.1. The first-order valence-electron chi connectivity index (χ1n) is 7.15. The van der Waals surface area contributed by atoms with Crippen LogP contribution in [0.1, 0.15) is 35.6 Å². The number of rotatable bonds is 2. The molecular formula is C18H21N. The van der Waals surface area contributed by atoms with E-state index in [4.69, 9.17) is 0 Å². The lowest BCUT2D eigenvalue weighted by atomic mass is 9.85. The summed E-state index contributed by atoms with van der Waals surface area (Å²) in [5.74, 6) is 0. The molecule has 1 nitrogen and oxygen atoms in total. The van der Waals surface area contributed by atoms with Crippen molar-refractivity contribution in [3.63, 3.8) is 0 Å². The Balaban J connectivity index is 2.02. The number of hydrogen-bond donors (Lipinski definition) is 1. The van der Waals surface area contributed by atoms with E-state index in [2.05, 4.69) is 61.8 Å². The van der Waals surface area contributed by atoms with E-state index < -0.39 is 0 Å². The molecule has 1 N–H and O–H groups in total. The number of fused-ring (bicyclic) bond motifs is 1. The number of hydrogen-bond acceptors (Lipinski definition) is 1. The summed E-state index contributed by atoms with van der Waals surface area (Å²) in [6, 6.07) is 16.3. The molecule has 0 heterocycles. The average Bonchev–Trinajstić information content (AvgIpc) is 2.47. The molecule has 1 atom stereocenters. The van der Waals surface area contributed by atoms with Crippen LogP contribution in [-0.2, 0) is 6.42 Å². The van der Waals surface area contributed by atoms with Gasteiger partial charge in [0.15, 0.2) is 0 Å². The smallest absolute Gasteiger partial charge is 0.0320 e. The lowest BCUT2D eigenvalue weighted by Crippen LogP contribution is -2.21. The van der Waals surface area contributed by atoms with Gasteiger partial charge in [0.2, 0.25) is 0 Å². The molecule has 0 amide bonds. The number of nitrogens with one attached hydrogen (secondary N) is 1. The van der Waals surface area contributed by atoms with Gasteiger partial charge in [-0.2, -0.15) is 0 Å². The van der Waals surface area contributed by atoms with Crippen LogP contribution in [0.3, 0.4) is 0 Å². The minimum atomic E-state index is 0.522. The maximum absolute atomic E-state index is 3.45. The van der Waals surface area contributed by atoms with Crippen molar-refractivity contribution in [3.8, 4) is 11.1 Å². The van der Waals surface area contributed by atoms with Crippen molar-refractivity contribution in [2.75, 3.05) is 7.05 Å². The van der Waals surface area contributed by atoms with Gasteiger partial charge >= 0.3 is 0 Å². The van der Waals surface area contributed by atoms with Crippen molar-refractivity contribution in [1.82, 2.24) is 5.32 Å². The van der Waals surface area contributed by atoms with Gasteiger partial charge in [-0.05, 0) is 61.6 Å². The van der Waals surface area contributed by atoms with Gasteiger partial charge in [-0.1, -0.05) is 42.0 Å². The van der Waals surface area contributed by atoms with E-state index in [1.165, 1.54) is 47.1 Å². The number of benzene rings is 2. The summed E-state index contributed by atoms with van der Waals surface area (Å²) in [5.41, 5.74) is 6.97. The Morgan fingerprint density at radius 2 is 1.74 bits per heavy atom. The second kappa shape index (κ2) is 5.18. The standard InChI is InChI=1S/C18H21N/c1-13-6-8-14(9-7-13)16-11-10-15-4-3-5-18(19-2)17(15)12-16/h6-12,18-19H,3-5H2,1-2H3. The summed E-state index contributed by atoms with van der Waals surface area (Å²) < 4.78 is 0. The maximum Gasteiger partial charge on any atom is 0.0320 e. The van der Waals surface area contributed by atoms with Crippen molar-refractivity contribution < 1.29 is 0 Å². The Labute approximate surface area is 115 Å². The fraction of sp³-hybridized carbons (Fsp3) is 0.333. The SMILES string of the molecule is CNC1CCCc2ccc(-c3ccc(C)cc3)cc21. The van der Waals surface area contributed by atoms with Crippen LogP contribution in [0.2, 0.25) is 0 Å². The first-order valence-corrected chi connectivity index (χ1v) is 7.15. The topological polar surface area (TPSA) is 12.0 Å². The summed E-state index contributed by atoms with van der Waals surface area (Å²) in [4.78, 5) is 0. The summed E-state index contributed by atoms with van der Waals surface area (Å²) in [7, 11) is 2.07. The molecule has 2 aromatic rings. The molecule has 1 unspecified atom stereocenters. The molecule has 0 aromatic heterocycles. The van der Waals surface area contributed by atoms with Crippen molar-refractivity contribution in [2.24, 2.45) is 0 Å². The molecule has 19 heavy (non-hydrogen) atoms. The predicted octanol–water partition coefficient (Wildman–Crippen LogP) is 4.26. The summed E-state index contributed by atoms with van der Waals surface area (Å²) >= 11 is 0. The molecule has 0 saturated carbocycles. The highest BCUT2D eigenvalue weighted by molar-refractivity contribution is 5.65. The van der Waals surface area contributed by atoms with Gasteiger partial charge in [-0.15, -0.1) is 0 Å². The van der Waals surface area contributed by atoms with Crippen LogP contribution < -0.4 is 5.32 Å². The van der Waals surface area contributed by atoms with Crippen LogP contribution in [0, 0.1) is 6.92 Å². The lowest BCUT2D eigenvalue weighted by Gasteiger charge is -2.25. The second-order valence-electron chi connectivity index (χ2n) is 5.51. The third kappa shape index (κ3) is 2.43. The van der Waals surface area contributed by atoms with E-state index in [-0.39, 0.29) is 0 Å². The maximum atomic E-state index is 3.45. The zero-order valence-corrected chi connectivity index (χ0v) is 11.7. The van der Waals surface area contributed by atoms with Gasteiger partial charge in [-0.3, -0.25) is 0 Å². The monoisotopic (exact) mass is 251 g/mol. The molecule has 1 aliphatic carbocycles. The van der Waals surface area contributed by atoms with Crippen LogP contribution in [0.4, 0.5) is 0 Å². The summed E-state index contributed by atoms with van der Waals surface area (Å²) in [6.07, 6.45) is 3.77. The highest BCUT2D eigenvalue weighted by Crippen LogP contribution is 2.33. The van der Waals surface area contributed by atoms with Crippen molar-refractivity contribution in [3.05, 3.63) is 59.2 Å². The van der Waals surface area contributed by atoms with Crippen molar-refractivity contribution in [2.45, 2.75) is 32.2 Å². The molecular weight excluding hydrogens is 230 g/mol. The Hall–Kier alpha value is -1.60. The zero-order valence-electron chi connectivity index (χ0n) is 11.7. The number of aryl methyl sites for hydroxylation is 2. The van der Waals surface area contributed by atoms with E-state index in [0.717, 1.165) is 0 Å². The molecule has 3 rings (SSSR count). The molecule has 2 aromatic carbocycles. The largest absolute Gasteiger partial charge is 0.313 e. The van der Waals surface area contributed by atoms with E-state index in [1.54, 1.807) is 0 Å². The molecule has 0 spiro atoms. The summed E-state index contributed by atoms with van der Waals surface area (Å²) in [5, 5.41) is 3.45. The highest BCUT2D eigenvalue weighted by atomic mass is 14.9. The lowest BCUT2D eigenvalue weighted by molar-refractivity contribution is 0.497. The Bertz CT molecular complexity index is 569. The van der Waals surface area contributed by atoms with Crippen molar-refractivity contribution >= 4 is 0 Å². The minimum absolute atomic E-state index is 0.522. The second-order valence-corrected chi connectivity index (χ2v) is 5.51. The molecule has 1 aliphatic rings. The van der Waals surface area contributed by atoms with E-state index in [1.807, 2.05) is 0 Å². The summed E-state index contributed by atoms with van der Waals surface area (Å²) in [6.45, 7) is 2.13. The molecule has 1 heteroatoms. The van der Waals surface area contributed by atoms with Crippen LogP contribution in [-0.4, -0.2) is 7.05 Å². The van der Waals surface area contributed by atoms with E-state index in [0.29, 0.717) is 6.04 Å². The van der Waals surface area contributed by atoms with Gasteiger partial charge in [0.05, 0.1) is 0 Å². The van der Waals surface area contributed by atoms with Crippen molar-refractivity contribution in [1.29, 1.82) is 0 Å². The van der Waals surface area contributed by atoms with Gasteiger partial charge in [-0.25, -0.2) is 0 Å². The van der Waals surface area contributed by atoms with Gasteiger partial charge < -0.3 is 5.32 Å². The minimum Gasteiger partial charge on any atom is -0.313 e. The molecule has 98 valence electrons. The Morgan fingerprint density at radius 1 is 1.00 bits per heavy atom. The third-order valence-corrected chi connectivity index (χ3v) is 4.19. The quantitative estimate of drug-likeness (QED) is 0.841. The fourth-order valence-electron chi connectivity index (χ4n) is 3.02. The molecule has 0 radical (unpaired) electrons. The van der Waals surface area contributed by atoms with Gasteiger partial charge in [0.1, 0.15) is 0 Å². The van der Waals surface area contributed by atoms with E-state index in [9.17, 15) is 0 Å². The third-order valence-electron chi connectivity index (χ3n) is 4.19. The molecule has 0 aliphatic heterocycles. The average molecular weight is 251 g/mol. The molecule has 0 fully saturated rings. The molecule has 0 saturated heterocycles. The molecule has 0 bridgehead atoms. The Kier molecular flexibility index (Phi) is 3.39. The Morgan fingerprint density at radius 3 is 2.47 bits per heavy atom. The van der Waals surface area contributed by atoms with Crippen LogP contribution in [0.15, 0.2) is 42.5 Å². The first-order chi connectivity index (χ1) is 9.28. The zero-order chi connectivity index (χ0) is 13.2. The van der Waals surface area contributed by atoms with Crippen LogP contribution in [0.5, 0.6) is 0 Å². The van der Waals surface area contributed by atoms with E-state index >= 15 is 0 Å². The van der Waals surface area contributed by atoms with Crippen LogP contribution in [0.25, 0.3) is 11.1 Å². The fourth-order valence-corrected chi connectivity index (χ4v) is 3.02. The predicted molar refractivity (Wildman–Crippen MR) is 81.4 cm³/mol. The highest BCUT2D eigenvalue weighted by Gasteiger charge is 2.18. The van der Waals surface area contributed by atoms with Gasteiger partial charge in [0.25, 0.3) is 0 Å². The van der Waals surface area contributed by atoms with Crippen LogP contribution >= 0.6 is 0 Å². The van der Waals surface area contributed by atoms with Gasteiger partial charge in [0, 0.05) is 6.04 Å². The first kappa shape index (κ1) is 12.4.